The number of fused-ring (bicyclic) bond motifs is 1. The molecule has 8 nitrogen and oxygen atoms in total. The van der Waals surface area contributed by atoms with Crippen molar-refractivity contribution in [1.29, 1.82) is 0 Å². The van der Waals surface area contributed by atoms with E-state index in [1.807, 2.05) is 25.1 Å². The molecule has 1 aromatic heterocycles. The van der Waals surface area contributed by atoms with Crippen LogP contribution in [-0.4, -0.2) is 58.9 Å². The number of rotatable bonds is 5. The van der Waals surface area contributed by atoms with Crippen molar-refractivity contribution in [1.82, 2.24) is 20.1 Å². The number of carbonyl (C=O) groups excluding carboxylic acids is 1. The summed E-state index contributed by atoms with van der Waals surface area (Å²) in [6.45, 7) is 4.26. The average Bonchev–Trinajstić information content (AvgIpc) is 3.23. The number of nitrogens with one attached hydrogen (secondary N) is 2. The normalized spacial score (nSPS) is 22.2. The van der Waals surface area contributed by atoms with Crippen LogP contribution in [0.15, 0.2) is 18.2 Å². The van der Waals surface area contributed by atoms with Gasteiger partial charge in [0.05, 0.1) is 17.7 Å². The van der Waals surface area contributed by atoms with Gasteiger partial charge in [-0.3, -0.25) is 14.8 Å². The molecule has 0 saturated carbocycles. The van der Waals surface area contributed by atoms with Crippen molar-refractivity contribution < 1.29 is 14.3 Å². The molecule has 2 aromatic rings. The highest BCUT2D eigenvalue weighted by atomic mass is 16.5. The molecule has 138 valence electrons. The van der Waals surface area contributed by atoms with E-state index in [9.17, 15) is 4.79 Å². The molecule has 2 aliphatic rings. The van der Waals surface area contributed by atoms with Gasteiger partial charge in [0.1, 0.15) is 11.6 Å². The quantitative estimate of drug-likeness (QED) is 0.841. The minimum absolute atomic E-state index is 0.0767. The fraction of sp³-hybridized carbons (Fsp3) is 0.500. The van der Waals surface area contributed by atoms with Gasteiger partial charge in [-0.2, -0.15) is 5.10 Å². The molecule has 4 rings (SSSR count). The number of aryl methyl sites for hydroxylation is 1. The first-order valence-electron chi connectivity index (χ1n) is 8.83. The molecule has 1 aromatic carbocycles. The fourth-order valence-corrected chi connectivity index (χ4v) is 3.56. The molecule has 8 heteroatoms. The summed E-state index contributed by atoms with van der Waals surface area (Å²) in [6.07, 6.45) is 1.02. The van der Waals surface area contributed by atoms with Crippen molar-refractivity contribution in [3.8, 4) is 5.75 Å². The number of aromatic nitrogens is 3. The van der Waals surface area contributed by atoms with Crippen LogP contribution in [0.4, 0.5) is 5.69 Å². The number of likely N-dealkylation sites (N-methyl/N-ethyl adjacent to an activating group) is 1. The number of H-pyrrole nitrogens is 1. The lowest BCUT2D eigenvalue weighted by molar-refractivity contribution is -0.118. The summed E-state index contributed by atoms with van der Waals surface area (Å²) in [4.78, 5) is 18.2. The van der Waals surface area contributed by atoms with Crippen LogP contribution in [0.5, 0.6) is 5.75 Å². The molecular formula is C18H23N5O3. The monoisotopic (exact) mass is 357 g/mol. The topological polar surface area (TPSA) is 92.4 Å². The van der Waals surface area contributed by atoms with Gasteiger partial charge in [0, 0.05) is 19.7 Å². The smallest absolute Gasteiger partial charge is 0.262 e. The summed E-state index contributed by atoms with van der Waals surface area (Å²) in [5.74, 6) is 2.49. The molecule has 0 aliphatic carbocycles. The largest absolute Gasteiger partial charge is 0.482 e. The Kier molecular flexibility index (Phi) is 4.60. The second-order valence-electron chi connectivity index (χ2n) is 6.95. The van der Waals surface area contributed by atoms with Crippen molar-refractivity contribution in [3.63, 3.8) is 0 Å². The Labute approximate surface area is 151 Å². The molecule has 2 N–H and O–H groups in total. The molecule has 0 radical (unpaired) electrons. The maximum Gasteiger partial charge on any atom is 0.262 e. The first kappa shape index (κ1) is 17.0. The van der Waals surface area contributed by atoms with Gasteiger partial charge < -0.3 is 14.8 Å². The number of nitrogens with zero attached hydrogens (tertiary/aromatic N) is 3. The lowest BCUT2D eigenvalue weighted by Gasteiger charge is -2.24. The number of carbonyl (C=O) groups is 1. The Bertz CT molecular complexity index is 806. The van der Waals surface area contributed by atoms with Gasteiger partial charge in [-0.05, 0) is 38.1 Å². The Hall–Kier alpha value is -2.45. The van der Waals surface area contributed by atoms with Crippen molar-refractivity contribution in [2.75, 3.05) is 32.1 Å². The van der Waals surface area contributed by atoms with Crippen LogP contribution in [0, 0.1) is 6.92 Å². The Morgan fingerprint density at radius 3 is 3.08 bits per heavy atom. The second kappa shape index (κ2) is 7.05. The van der Waals surface area contributed by atoms with Gasteiger partial charge in [-0.15, -0.1) is 0 Å². The maximum atomic E-state index is 11.5. The molecular weight excluding hydrogens is 334 g/mol. The van der Waals surface area contributed by atoms with Crippen molar-refractivity contribution in [2.45, 2.75) is 31.9 Å². The molecule has 0 bridgehead atoms. The lowest BCUT2D eigenvalue weighted by atomic mass is 10.0. The first-order chi connectivity index (χ1) is 12.6. The Morgan fingerprint density at radius 1 is 1.38 bits per heavy atom. The number of ether oxygens (including phenoxy) is 2. The highest BCUT2D eigenvalue weighted by Gasteiger charge is 2.33. The van der Waals surface area contributed by atoms with Crippen LogP contribution >= 0.6 is 0 Å². The third-order valence-electron chi connectivity index (χ3n) is 4.78. The van der Waals surface area contributed by atoms with E-state index in [0.717, 1.165) is 54.8 Å². The average molecular weight is 357 g/mol. The Balaban J connectivity index is 1.40. The van der Waals surface area contributed by atoms with Crippen LogP contribution in [0.3, 0.4) is 0 Å². The lowest BCUT2D eigenvalue weighted by Crippen LogP contribution is -2.32. The van der Waals surface area contributed by atoms with Gasteiger partial charge in [0.15, 0.2) is 12.4 Å². The second-order valence-corrected chi connectivity index (χ2v) is 6.95. The van der Waals surface area contributed by atoms with E-state index in [1.54, 1.807) is 0 Å². The minimum atomic E-state index is -0.119. The van der Waals surface area contributed by atoms with Crippen LogP contribution in [0.1, 0.15) is 29.6 Å². The summed E-state index contributed by atoms with van der Waals surface area (Å²) in [5, 5.41) is 10.1. The summed E-state index contributed by atoms with van der Waals surface area (Å²) < 4.78 is 11.3. The van der Waals surface area contributed by atoms with Crippen LogP contribution in [0.25, 0.3) is 0 Å². The van der Waals surface area contributed by atoms with E-state index in [1.165, 1.54) is 0 Å². The third kappa shape index (κ3) is 3.56. The highest BCUT2D eigenvalue weighted by molar-refractivity contribution is 5.95. The zero-order valence-electron chi connectivity index (χ0n) is 15.0. The van der Waals surface area contributed by atoms with Crippen molar-refractivity contribution in [2.24, 2.45) is 0 Å². The molecule has 26 heavy (non-hydrogen) atoms. The minimum Gasteiger partial charge on any atom is -0.482 e. The summed E-state index contributed by atoms with van der Waals surface area (Å²) >= 11 is 0. The first-order valence-corrected chi connectivity index (χ1v) is 8.83. The molecule has 0 spiro atoms. The van der Waals surface area contributed by atoms with Gasteiger partial charge in [0.2, 0.25) is 0 Å². The fourth-order valence-electron chi connectivity index (χ4n) is 3.56. The molecule has 1 saturated heterocycles. The van der Waals surface area contributed by atoms with Gasteiger partial charge in [-0.25, -0.2) is 4.98 Å². The van der Waals surface area contributed by atoms with Crippen molar-refractivity contribution >= 4 is 11.6 Å². The van der Waals surface area contributed by atoms with E-state index >= 15 is 0 Å². The molecule has 2 aliphatic heterocycles. The predicted octanol–water partition coefficient (Wildman–Crippen LogP) is 1.45. The summed E-state index contributed by atoms with van der Waals surface area (Å²) in [7, 11) is 2.07. The molecule has 0 unspecified atom stereocenters. The van der Waals surface area contributed by atoms with E-state index in [4.69, 9.17) is 9.47 Å². The van der Waals surface area contributed by atoms with Gasteiger partial charge >= 0.3 is 0 Å². The third-order valence-corrected chi connectivity index (χ3v) is 4.78. The standard InChI is InChI=1S/C18H23N5O3/c1-11-19-18(22-21-11)13-5-6-25-16(13)9-23(2)8-12-3-4-15-14(7-12)20-17(24)10-26-15/h3-4,7,13,16H,5-6,8-10H2,1-2H3,(H,20,24)(H,19,21,22)/t13-,16-/m1/s1. The van der Waals surface area contributed by atoms with Crippen LogP contribution < -0.4 is 10.1 Å². The van der Waals surface area contributed by atoms with Crippen LogP contribution in [0.2, 0.25) is 0 Å². The zero-order chi connectivity index (χ0) is 18.1. The Morgan fingerprint density at radius 2 is 2.27 bits per heavy atom. The van der Waals surface area contributed by atoms with Gasteiger partial charge in [0.25, 0.3) is 5.91 Å². The van der Waals surface area contributed by atoms with Crippen LogP contribution in [-0.2, 0) is 16.1 Å². The molecule has 1 amide bonds. The number of amides is 1. The number of hydrogen-bond donors (Lipinski definition) is 2. The molecule has 1 fully saturated rings. The zero-order valence-corrected chi connectivity index (χ0v) is 15.0. The maximum absolute atomic E-state index is 11.5. The van der Waals surface area contributed by atoms with E-state index < -0.39 is 0 Å². The van der Waals surface area contributed by atoms with E-state index in [-0.39, 0.29) is 24.5 Å². The predicted molar refractivity (Wildman–Crippen MR) is 95.1 cm³/mol. The van der Waals surface area contributed by atoms with E-state index in [0.29, 0.717) is 0 Å². The van der Waals surface area contributed by atoms with Gasteiger partial charge in [-0.1, -0.05) is 6.07 Å². The SMILES string of the molecule is Cc1nc([C@@H]2CCO[C@@H]2CN(C)Cc2ccc3c(c2)NC(=O)CO3)n[nH]1. The van der Waals surface area contributed by atoms with E-state index in [2.05, 4.69) is 32.4 Å². The number of hydrogen-bond acceptors (Lipinski definition) is 6. The summed E-state index contributed by atoms with van der Waals surface area (Å²) in [6, 6.07) is 5.90. The van der Waals surface area contributed by atoms with Crippen molar-refractivity contribution in [3.05, 3.63) is 35.4 Å². The summed E-state index contributed by atoms with van der Waals surface area (Å²) in [5.41, 5.74) is 1.85. The highest BCUT2D eigenvalue weighted by Crippen LogP contribution is 2.31. The number of anilines is 1. The molecule has 2 atom stereocenters. The molecule has 3 heterocycles. The number of benzene rings is 1. The number of aromatic amines is 1.